The zero-order chi connectivity index (χ0) is 14.2. The van der Waals surface area contributed by atoms with Crippen LogP contribution >= 0.6 is 0 Å². The molecule has 0 radical (unpaired) electrons. The highest BCUT2D eigenvalue weighted by atomic mass is 16.5. The summed E-state index contributed by atoms with van der Waals surface area (Å²) in [5, 5.41) is 15.1. The van der Waals surface area contributed by atoms with Gasteiger partial charge in [-0.2, -0.15) is 0 Å². The maximum absolute atomic E-state index is 8.75. The van der Waals surface area contributed by atoms with Crippen LogP contribution in [-0.2, 0) is 0 Å². The number of methoxy groups -OCH3 is 1. The van der Waals surface area contributed by atoms with E-state index < -0.39 is 0 Å². The van der Waals surface area contributed by atoms with E-state index in [1.54, 1.807) is 7.11 Å². The quantitative estimate of drug-likeness (QED) is 0.677. The summed E-state index contributed by atoms with van der Waals surface area (Å²) in [6.07, 6.45) is 0.706. The molecule has 0 saturated heterocycles. The van der Waals surface area contributed by atoms with E-state index in [1.165, 1.54) is 0 Å². The van der Waals surface area contributed by atoms with Gasteiger partial charge in [-0.1, -0.05) is 6.07 Å². The van der Waals surface area contributed by atoms with Crippen LogP contribution in [-0.4, -0.2) is 30.4 Å². The third-order valence-corrected chi connectivity index (χ3v) is 2.75. The van der Waals surface area contributed by atoms with Crippen LogP contribution in [0.25, 0.3) is 0 Å². The van der Waals surface area contributed by atoms with Gasteiger partial charge in [0.1, 0.15) is 17.4 Å². The van der Waals surface area contributed by atoms with Crippen LogP contribution in [0.4, 0.5) is 17.3 Å². The van der Waals surface area contributed by atoms with Crippen LogP contribution in [0.1, 0.15) is 6.42 Å². The molecule has 1 heterocycles. The fourth-order valence-electron chi connectivity index (χ4n) is 1.72. The minimum Gasteiger partial charge on any atom is -0.497 e. The number of ether oxygens (including phenoxy) is 1. The first-order chi connectivity index (χ1) is 9.81. The molecule has 0 aliphatic carbocycles. The van der Waals surface area contributed by atoms with Crippen LogP contribution in [0.2, 0.25) is 0 Å². The second kappa shape index (κ2) is 7.35. The SMILES string of the molecule is COc1ccc(Nc2cccc(NCCCO)n2)cc1. The molecule has 2 rings (SSSR count). The average molecular weight is 273 g/mol. The van der Waals surface area contributed by atoms with Crippen molar-refractivity contribution in [1.82, 2.24) is 4.98 Å². The van der Waals surface area contributed by atoms with Gasteiger partial charge in [-0.25, -0.2) is 4.98 Å². The van der Waals surface area contributed by atoms with Gasteiger partial charge in [0.05, 0.1) is 7.11 Å². The number of pyridine rings is 1. The molecular formula is C15H19N3O2. The smallest absolute Gasteiger partial charge is 0.132 e. The first-order valence-corrected chi connectivity index (χ1v) is 6.54. The zero-order valence-corrected chi connectivity index (χ0v) is 11.5. The van der Waals surface area contributed by atoms with Crippen molar-refractivity contribution in [3.8, 4) is 5.75 Å². The molecule has 3 N–H and O–H groups in total. The Balaban J connectivity index is 1.99. The molecule has 0 spiro atoms. The number of hydrogen-bond donors (Lipinski definition) is 3. The summed E-state index contributed by atoms with van der Waals surface area (Å²) in [5.41, 5.74) is 0.950. The number of aliphatic hydroxyl groups is 1. The number of anilines is 3. The number of nitrogens with zero attached hydrogens (tertiary/aromatic N) is 1. The predicted octanol–water partition coefficient (Wildman–Crippen LogP) is 2.63. The summed E-state index contributed by atoms with van der Waals surface area (Å²) in [5.74, 6) is 2.38. The van der Waals surface area contributed by atoms with Crippen LogP contribution in [0, 0.1) is 0 Å². The van der Waals surface area contributed by atoms with Crippen molar-refractivity contribution >= 4 is 17.3 Å². The number of nitrogens with one attached hydrogen (secondary N) is 2. The van der Waals surface area contributed by atoms with Crippen LogP contribution < -0.4 is 15.4 Å². The van der Waals surface area contributed by atoms with E-state index >= 15 is 0 Å². The van der Waals surface area contributed by atoms with Crippen molar-refractivity contribution < 1.29 is 9.84 Å². The van der Waals surface area contributed by atoms with Gasteiger partial charge in [0.15, 0.2) is 0 Å². The lowest BCUT2D eigenvalue weighted by Crippen LogP contribution is -2.05. The van der Waals surface area contributed by atoms with E-state index in [-0.39, 0.29) is 6.61 Å². The molecule has 0 fully saturated rings. The van der Waals surface area contributed by atoms with E-state index in [2.05, 4.69) is 15.6 Å². The fourth-order valence-corrected chi connectivity index (χ4v) is 1.72. The Morgan fingerprint density at radius 1 is 1.10 bits per heavy atom. The molecule has 1 aromatic carbocycles. The molecule has 1 aromatic heterocycles. The van der Waals surface area contributed by atoms with Crippen molar-refractivity contribution in [3.05, 3.63) is 42.5 Å². The number of aliphatic hydroxyl groups excluding tert-OH is 1. The van der Waals surface area contributed by atoms with Gasteiger partial charge in [0, 0.05) is 18.8 Å². The normalized spacial score (nSPS) is 10.1. The molecule has 106 valence electrons. The topological polar surface area (TPSA) is 66.4 Å². The number of rotatable bonds is 7. The highest BCUT2D eigenvalue weighted by Crippen LogP contribution is 2.19. The summed E-state index contributed by atoms with van der Waals surface area (Å²) < 4.78 is 5.12. The monoisotopic (exact) mass is 273 g/mol. The van der Waals surface area contributed by atoms with Crippen molar-refractivity contribution in [2.24, 2.45) is 0 Å². The maximum atomic E-state index is 8.75. The van der Waals surface area contributed by atoms with Crippen LogP contribution in [0.5, 0.6) is 5.75 Å². The van der Waals surface area contributed by atoms with E-state index in [4.69, 9.17) is 9.84 Å². The molecule has 5 heteroatoms. The lowest BCUT2D eigenvalue weighted by molar-refractivity contribution is 0.292. The Morgan fingerprint density at radius 2 is 1.85 bits per heavy atom. The molecule has 0 bridgehead atoms. The van der Waals surface area contributed by atoms with Crippen molar-refractivity contribution in [1.29, 1.82) is 0 Å². The zero-order valence-electron chi connectivity index (χ0n) is 11.5. The lowest BCUT2D eigenvalue weighted by Gasteiger charge is -2.09. The molecule has 20 heavy (non-hydrogen) atoms. The van der Waals surface area contributed by atoms with Crippen LogP contribution in [0.3, 0.4) is 0 Å². The van der Waals surface area contributed by atoms with Crippen LogP contribution in [0.15, 0.2) is 42.5 Å². The molecule has 5 nitrogen and oxygen atoms in total. The number of hydrogen-bond acceptors (Lipinski definition) is 5. The van der Waals surface area contributed by atoms with Gasteiger partial charge < -0.3 is 20.5 Å². The van der Waals surface area contributed by atoms with Gasteiger partial charge in [-0.15, -0.1) is 0 Å². The summed E-state index contributed by atoms with van der Waals surface area (Å²) in [6.45, 7) is 0.881. The Hall–Kier alpha value is -2.27. The van der Waals surface area contributed by atoms with Crippen molar-refractivity contribution in [2.75, 3.05) is 30.9 Å². The highest BCUT2D eigenvalue weighted by molar-refractivity contribution is 5.58. The predicted molar refractivity (Wildman–Crippen MR) is 80.7 cm³/mol. The average Bonchev–Trinajstić information content (AvgIpc) is 2.49. The minimum absolute atomic E-state index is 0.177. The Morgan fingerprint density at radius 3 is 2.55 bits per heavy atom. The van der Waals surface area contributed by atoms with E-state index in [0.29, 0.717) is 13.0 Å². The van der Waals surface area contributed by atoms with Gasteiger partial charge in [-0.3, -0.25) is 0 Å². The van der Waals surface area contributed by atoms with E-state index in [9.17, 15) is 0 Å². The number of benzene rings is 1. The molecule has 0 saturated carbocycles. The lowest BCUT2D eigenvalue weighted by atomic mass is 10.3. The Kier molecular flexibility index (Phi) is 5.20. The maximum Gasteiger partial charge on any atom is 0.132 e. The van der Waals surface area contributed by atoms with Gasteiger partial charge in [0.25, 0.3) is 0 Å². The molecule has 0 atom stereocenters. The third-order valence-electron chi connectivity index (χ3n) is 2.75. The number of aromatic nitrogens is 1. The molecular weight excluding hydrogens is 254 g/mol. The summed E-state index contributed by atoms with van der Waals surface area (Å²) in [6, 6.07) is 13.4. The third kappa shape index (κ3) is 4.13. The Bertz CT molecular complexity index is 529. The minimum atomic E-state index is 0.177. The second-order valence-corrected chi connectivity index (χ2v) is 4.27. The molecule has 0 aliphatic heterocycles. The molecule has 2 aromatic rings. The van der Waals surface area contributed by atoms with E-state index in [0.717, 1.165) is 23.1 Å². The molecule has 0 unspecified atom stereocenters. The molecule has 0 aliphatic rings. The summed E-state index contributed by atoms with van der Waals surface area (Å²) in [7, 11) is 1.64. The first-order valence-electron chi connectivity index (χ1n) is 6.54. The summed E-state index contributed by atoms with van der Waals surface area (Å²) in [4.78, 5) is 4.45. The van der Waals surface area contributed by atoms with E-state index in [1.807, 2.05) is 42.5 Å². The largest absolute Gasteiger partial charge is 0.497 e. The second-order valence-electron chi connectivity index (χ2n) is 4.27. The first kappa shape index (κ1) is 14.1. The van der Waals surface area contributed by atoms with Gasteiger partial charge in [-0.05, 0) is 42.8 Å². The summed E-state index contributed by atoms with van der Waals surface area (Å²) >= 11 is 0. The highest BCUT2D eigenvalue weighted by Gasteiger charge is 1.99. The van der Waals surface area contributed by atoms with Crippen molar-refractivity contribution in [2.45, 2.75) is 6.42 Å². The molecule has 0 amide bonds. The van der Waals surface area contributed by atoms with Gasteiger partial charge >= 0.3 is 0 Å². The standard InChI is InChI=1S/C15H19N3O2/c1-20-13-8-6-12(7-9-13)17-15-5-2-4-14(18-15)16-10-3-11-19/h2,4-9,19H,3,10-11H2,1H3,(H2,16,17,18). The van der Waals surface area contributed by atoms with Crippen molar-refractivity contribution in [3.63, 3.8) is 0 Å². The fraction of sp³-hybridized carbons (Fsp3) is 0.267. The van der Waals surface area contributed by atoms with Gasteiger partial charge in [0.2, 0.25) is 0 Å². The Labute approximate surface area is 118 Å².